The smallest absolute Gasteiger partial charge is 0.349 e. The lowest BCUT2D eigenvalue weighted by molar-refractivity contribution is 0.0754. The summed E-state index contributed by atoms with van der Waals surface area (Å²) in [5.74, 6) is 2.03. The Bertz CT molecular complexity index is 1200. The van der Waals surface area contributed by atoms with E-state index in [1.54, 1.807) is 63.1 Å². The zero-order valence-electron chi connectivity index (χ0n) is 17.8. The normalized spacial score (nSPS) is 15.9. The zero-order valence-corrected chi connectivity index (χ0v) is 18.6. The van der Waals surface area contributed by atoms with E-state index in [0.29, 0.717) is 34.9 Å². The molecular formula is C23H23NO6S. The van der Waals surface area contributed by atoms with Gasteiger partial charge in [0.1, 0.15) is 22.3 Å². The Balaban J connectivity index is 1.79. The van der Waals surface area contributed by atoms with Crippen molar-refractivity contribution in [1.82, 2.24) is 4.90 Å². The van der Waals surface area contributed by atoms with Gasteiger partial charge in [0.15, 0.2) is 11.5 Å². The van der Waals surface area contributed by atoms with Crippen molar-refractivity contribution in [1.29, 1.82) is 0 Å². The molecule has 1 aliphatic heterocycles. The van der Waals surface area contributed by atoms with Crippen LogP contribution >= 0.6 is 11.8 Å². The Morgan fingerprint density at radius 3 is 2.45 bits per heavy atom. The van der Waals surface area contributed by atoms with Gasteiger partial charge in [-0.2, -0.15) is 0 Å². The van der Waals surface area contributed by atoms with E-state index >= 15 is 0 Å². The highest BCUT2D eigenvalue weighted by molar-refractivity contribution is 7.99. The number of carbonyl (C=O) groups is 1. The van der Waals surface area contributed by atoms with Crippen LogP contribution in [0.3, 0.4) is 0 Å². The third kappa shape index (κ3) is 3.61. The van der Waals surface area contributed by atoms with Crippen molar-refractivity contribution in [3.05, 3.63) is 63.5 Å². The number of ether oxygens (including phenoxy) is 3. The molecule has 2 aromatic carbocycles. The quantitative estimate of drug-likeness (QED) is 0.554. The molecule has 31 heavy (non-hydrogen) atoms. The molecule has 1 atom stereocenters. The Kier molecular flexibility index (Phi) is 5.82. The summed E-state index contributed by atoms with van der Waals surface area (Å²) >= 11 is 1.60. The number of para-hydroxylation sites is 1. The van der Waals surface area contributed by atoms with Crippen LogP contribution in [0.15, 0.2) is 45.6 Å². The van der Waals surface area contributed by atoms with Gasteiger partial charge in [0.2, 0.25) is 0 Å². The Labute approximate surface area is 183 Å². The first-order valence-electron chi connectivity index (χ1n) is 9.75. The predicted molar refractivity (Wildman–Crippen MR) is 120 cm³/mol. The Hall–Kier alpha value is -3.13. The Morgan fingerprint density at radius 1 is 1.06 bits per heavy atom. The van der Waals surface area contributed by atoms with Gasteiger partial charge in [-0.15, -0.1) is 11.8 Å². The van der Waals surface area contributed by atoms with Gasteiger partial charge in [0.05, 0.1) is 21.3 Å². The predicted octanol–water partition coefficient (Wildman–Crippen LogP) is 4.02. The molecule has 0 aliphatic carbocycles. The molecule has 0 bridgehead atoms. The maximum atomic E-state index is 13.5. The summed E-state index contributed by atoms with van der Waals surface area (Å²) in [6.07, 6.45) is 0. The second-order valence-corrected chi connectivity index (χ2v) is 8.24. The third-order valence-electron chi connectivity index (χ3n) is 5.44. The molecule has 3 aromatic rings. The summed E-state index contributed by atoms with van der Waals surface area (Å²) in [4.78, 5) is 28.0. The fourth-order valence-corrected chi connectivity index (χ4v) is 5.15. The molecule has 2 heterocycles. The van der Waals surface area contributed by atoms with E-state index in [4.69, 9.17) is 18.6 Å². The summed E-state index contributed by atoms with van der Waals surface area (Å²) in [7, 11) is 4.68. The highest BCUT2D eigenvalue weighted by atomic mass is 32.2. The molecule has 1 saturated heterocycles. The lowest BCUT2D eigenvalue weighted by Crippen LogP contribution is -2.34. The van der Waals surface area contributed by atoms with Gasteiger partial charge in [0.25, 0.3) is 5.91 Å². The molecular weight excluding hydrogens is 418 g/mol. The molecule has 1 aliphatic rings. The zero-order chi connectivity index (χ0) is 22.1. The maximum absolute atomic E-state index is 13.5. The highest BCUT2D eigenvalue weighted by Crippen LogP contribution is 2.46. The second kappa shape index (κ2) is 8.55. The summed E-state index contributed by atoms with van der Waals surface area (Å²) in [5.41, 5.74) is 1.29. The fourth-order valence-electron chi connectivity index (χ4n) is 3.88. The molecule has 8 heteroatoms. The van der Waals surface area contributed by atoms with Crippen LogP contribution in [0.25, 0.3) is 11.0 Å². The minimum absolute atomic E-state index is 0.0608. The van der Waals surface area contributed by atoms with Crippen molar-refractivity contribution in [2.24, 2.45) is 0 Å². The average molecular weight is 442 g/mol. The van der Waals surface area contributed by atoms with Crippen LogP contribution in [-0.2, 0) is 0 Å². The van der Waals surface area contributed by atoms with Crippen molar-refractivity contribution in [2.75, 3.05) is 33.6 Å². The molecule has 0 N–H and O–H groups in total. The van der Waals surface area contributed by atoms with Gasteiger partial charge < -0.3 is 23.5 Å². The number of benzene rings is 2. The second-order valence-electron chi connectivity index (χ2n) is 7.06. The van der Waals surface area contributed by atoms with Crippen LogP contribution in [0.5, 0.6) is 17.2 Å². The van der Waals surface area contributed by atoms with E-state index in [-0.39, 0.29) is 16.8 Å². The fraction of sp³-hybridized carbons (Fsp3) is 0.304. The van der Waals surface area contributed by atoms with Crippen molar-refractivity contribution < 1.29 is 23.4 Å². The number of hydrogen-bond acceptors (Lipinski definition) is 7. The minimum atomic E-state index is -0.629. The van der Waals surface area contributed by atoms with Crippen molar-refractivity contribution >= 4 is 28.6 Å². The Morgan fingerprint density at radius 2 is 1.74 bits per heavy atom. The number of fused-ring (bicyclic) bond motifs is 1. The number of thioether (sulfide) groups is 1. The van der Waals surface area contributed by atoms with Crippen LogP contribution in [-0.4, -0.2) is 44.4 Å². The van der Waals surface area contributed by atoms with Crippen molar-refractivity contribution in [3.63, 3.8) is 0 Å². The first kappa shape index (κ1) is 21.1. The van der Waals surface area contributed by atoms with Crippen LogP contribution in [0.4, 0.5) is 0 Å². The van der Waals surface area contributed by atoms with Gasteiger partial charge >= 0.3 is 5.63 Å². The molecule has 1 amide bonds. The van der Waals surface area contributed by atoms with E-state index in [1.165, 1.54) is 0 Å². The first-order valence-corrected chi connectivity index (χ1v) is 10.8. The average Bonchev–Trinajstić information content (AvgIpc) is 3.27. The lowest BCUT2D eigenvalue weighted by atomic mass is 10.0. The number of carbonyl (C=O) groups excluding carboxylic acids is 1. The van der Waals surface area contributed by atoms with Crippen LogP contribution < -0.4 is 19.8 Å². The van der Waals surface area contributed by atoms with Gasteiger partial charge in [-0.25, -0.2) is 4.79 Å². The monoisotopic (exact) mass is 441 g/mol. The van der Waals surface area contributed by atoms with Crippen LogP contribution in [0.2, 0.25) is 0 Å². The van der Waals surface area contributed by atoms with Crippen molar-refractivity contribution in [3.8, 4) is 17.2 Å². The molecule has 7 nitrogen and oxygen atoms in total. The van der Waals surface area contributed by atoms with E-state index in [1.807, 2.05) is 18.2 Å². The van der Waals surface area contributed by atoms with Gasteiger partial charge in [-0.3, -0.25) is 4.79 Å². The van der Waals surface area contributed by atoms with E-state index in [2.05, 4.69) is 0 Å². The van der Waals surface area contributed by atoms with Gasteiger partial charge in [-0.1, -0.05) is 18.2 Å². The number of nitrogens with zero attached hydrogens (tertiary/aromatic N) is 1. The largest absolute Gasteiger partial charge is 0.496 e. The number of rotatable bonds is 5. The number of methoxy groups -OCH3 is 3. The summed E-state index contributed by atoms with van der Waals surface area (Å²) in [6.45, 7) is 2.28. The molecule has 1 aromatic heterocycles. The summed E-state index contributed by atoms with van der Waals surface area (Å²) < 4.78 is 21.8. The first-order chi connectivity index (χ1) is 15.0. The number of hydrogen-bond donors (Lipinski definition) is 0. The molecule has 0 spiro atoms. The number of amides is 1. The van der Waals surface area contributed by atoms with E-state index < -0.39 is 5.63 Å². The maximum Gasteiger partial charge on any atom is 0.349 e. The lowest BCUT2D eigenvalue weighted by Gasteiger charge is -2.26. The minimum Gasteiger partial charge on any atom is -0.496 e. The van der Waals surface area contributed by atoms with Crippen molar-refractivity contribution in [2.45, 2.75) is 12.3 Å². The molecule has 1 unspecified atom stereocenters. The van der Waals surface area contributed by atoms with Crippen LogP contribution in [0, 0.1) is 6.92 Å². The van der Waals surface area contributed by atoms with E-state index in [0.717, 1.165) is 16.7 Å². The van der Waals surface area contributed by atoms with Gasteiger partial charge in [-0.05, 0) is 24.6 Å². The topological polar surface area (TPSA) is 78.2 Å². The molecule has 1 fully saturated rings. The third-order valence-corrected chi connectivity index (χ3v) is 6.68. The summed E-state index contributed by atoms with van der Waals surface area (Å²) in [6, 6.07) is 10.8. The summed E-state index contributed by atoms with van der Waals surface area (Å²) in [5, 5.41) is 0.407. The molecule has 0 radical (unpaired) electrons. The SMILES string of the molecule is COc1cc(OC)c(C2SCCN2C(=O)c2c(C)c3ccccc3oc2=O)cc1OC. The molecule has 0 saturated carbocycles. The highest BCUT2D eigenvalue weighted by Gasteiger charge is 2.36. The number of aryl methyl sites for hydroxylation is 1. The molecule has 162 valence electrons. The van der Waals surface area contributed by atoms with Crippen LogP contribution in [0.1, 0.15) is 26.9 Å². The molecule has 4 rings (SSSR count). The van der Waals surface area contributed by atoms with Gasteiger partial charge in [0, 0.05) is 29.3 Å². The van der Waals surface area contributed by atoms with E-state index in [9.17, 15) is 9.59 Å². The standard InChI is InChI=1S/C23H23NO6S/c1-13-14-7-5-6-8-16(14)30-23(26)20(13)21(25)24-9-10-31-22(24)15-11-18(28-3)19(29-4)12-17(15)27-2/h5-8,11-12,22H,9-10H2,1-4H3.